The molecule has 0 unspecified atom stereocenters. The van der Waals surface area contributed by atoms with E-state index in [2.05, 4.69) is 22.9 Å². The van der Waals surface area contributed by atoms with E-state index in [0.717, 1.165) is 31.5 Å². The second-order valence-corrected chi connectivity index (χ2v) is 10.7. The second kappa shape index (κ2) is 20.2. The van der Waals surface area contributed by atoms with Crippen molar-refractivity contribution in [3.63, 3.8) is 0 Å². The Morgan fingerprint density at radius 2 is 1.25 bits per heavy atom. The van der Waals surface area contributed by atoms with Crippen LogP contribution in [0.4, 0.5) is 5.69 Å². The van der Waals surface area contributed by atoms with Crippen molar-refractivity contribution in [3.8, 4) is 0 Å². The zero-order valence-electron chi connectivity index (χ0n) is 23.1. The van der Waals surface area contributed by atoms with Crippen LogP contribution in [0.25, 0.3) is 0 Å². The minimum absolute atomic E-state index is 0.0189. The number of rotatable bonds is 20. The lowest BCUT2D eigenvalue weighted by Gasteiger charge is -2.22. The Morgan fingerprint density at radius 1 is 0.722 bits per heavy atom. The first-order valence-corrected chi connectivity index (χ1v) is 15.1. The maximum absolute atomic E-state index is 12.4. The Hall–Kier alpha value is -1.88. The molecule has 36 heavy (non-hydrogen) atoms. The average Bonchev–Trinajstić information content (AvgIpc) is 2.89. The van der Waals surface area contributed by atoms with Crippen LogP contribution in [0, 0.1) is 0 Å². The highest BCUT2D eigenvalue weighted by Gasteiger charge is 2.16. The smallest absolute Gasteiger partial charge is 0.251 e. The summed E-state index contributed by atoms with van der Waals surface area (Å²) in [6.45, 7) is 3.48. The molecule has 0 atom stereocenters. The molecule has 0 aromatic heterocycles. The molecule has 2 rings (SSSR count). The molecule has 1 aliphatic carbocycles. The topological polar surface area (TPSA) is 70.2 Å². The molecule has 3 N–H and O–H groups in total. The number of carbonyl (C=O) groups excluding carboxylic acids is 2. The van der Waals surface area contributed by atoms with E-state index in [1.807, 2.05) is 0 Å². The highest BCUT2D eigenvalue weighted by Crippen LogP contribution is 2.18. The van der Waals surface area contributed by atoms with Crippen LogP contribution in [-0.4, -0.2) is 30.9 Å². The van der Waals surface area contributed by atoms with Crippen LogP contribution in [0.5, 0.6) is 0 Å². The molecule has 2 amide bonds. The van der Waals surface area contributed by atoms with Gasteiger partial charge in [-0.25, -0.2) is 0 Å². The predicted octanol–water partition coefficient (Wildman–Crippen LogP) is 7.76. The van der Waals surface area contributed by atoms with Crippen molar-refractivity contribution in [1.29, 1.82) is 0 Å². The van der Waals surface area contributed by atoms with E-state index in [1.54, 1.807) is 24.3 Å². The molecule has 1 fully saturated rings. The Bertz CT molecular complexity index is 698. The molecule has 0 heterocycles. The largest absolute Gasteiger partial charge is 0.349 e. The van der Waals surface area contributed by atoms with Gasteiger partial charge >= 0.3 is 0 Å². The second-order valence-electron chi connectivity index (χ2n) is 10.7. The Labute approximate surface area is 221 Å². The fourth-order valence-electron chi connectivity index (χ4n) is 5.07. The molecule has 0 radical (unpaired) electrons. The van der Waals surface area contributed by atoms with Gasteiger partial charge in [0.1, 0.15) is 0 Å². The van der Waals surface area contributed by atoms with Crippen molar-refractivity contribution >= 4 is 17.5 Å². The van der Waals surface area contributed by atoms with Gasteiger partial charge in [0.15, 0.2) is 0 Å². The average molecular weight is 500 g/mol. The van der Waals surface area contributed by atoms with Crippen LogP contribution in [0.1, 0.15) is 139 Å². The molecule has 1 aromatic carbocycles. The number of hydrogen-bond donors (Lipinski definition) is 3. The predicted molar refractivity (Wildman–Crippen MR) is 153 cm³/mol. The van der Waals surface area contributed by atoms with Crippen LogP contribution in [0.2, 0.25) is 0 Å². The van der Waals surface area contributed by atoms with E-state index in [4.69, 9.17) is 0 Å². The highest BCUT2D eigenvalue weighted by molar-refractivity contribution is 5.96. The van der Waals surface area contributed by atoms with Crippen molar-refractivity contribution < 1.29 is 9.59 Å². The number of amides is 2. The monoisotopic (exact) mass is 499 g/mol. The van der Waals surface area contributed by atoms with Gasteiger partial charge in [-0.2, -0.15) is 0 Å². The van der Waals surface area contributed by atoms with E-state index in [0.29, 0.717) is 18.2 Å². The number of benzene rings is 1. The van der Waals surface area contributed by atoms with Gasteiger partial charge in [0.25, 0.3) is 5.91 Å². The number of nitrogens with one attached hydrogen (secondary N) is 3. The SMILES string of the molecule is CCCCCCCCCCCCCCCCNCC(=O)Nc1ccc(C(=O)NC2CCCCC2)cc1. The number of unbranched alkanes of at least 4 members (excludes halogenated alkanes) is 13. The fourth-order valence-corrected chi connectivity index (χ4v) is 5.07. The fraction of sp³-hybridized carbons (Fsp3) is 0.742. The van der Waals surface area contributed by atoms with Crippen LogP contribution in [0.3, 0.4) is 0 Å². The zero-order valence-corrected chi connectivity index (χ0v) is 23.1. The normalized spacial score (nSPS) is 14.0. The molecule has 0 aliphatic heterocycles. The lowest BCUT2D eigenvalue weighted by Crippen LogP contribution is -2.36. The van der Waals surface area contributed by atoms with Crippen molar-refractivity contribution in [1.82, 2.24) is 10.6 Å². The summed E-state index contributed by atoms with van der Waals surface area (Å²) in [6.07, 6.45) is 24.8. The van der Waals surface area contributed by atoms with Gasteiger partial charge < -0.3 is 16.0 Å². The number of carbonyl (C=O) groups is 2. The van der Waals surface area contributed by atoms with Gasteiger partial charge in [-0.3, -0.25) is 9.59 Å². The zero-order chi connectivity index (χ0) is 25.7. The molecule has 0 saturated heterocycles. The van der Waals surface area contributed by atoms with Gasteiger partial charge in [0, 0.05) is 17.3 Å². The number of hydrogen-bond acceptors (Lipinski definition) is 3. The van der Waals surface area contributed by atoms with Gasteiger partial charge in [-0.1, -0.05) is 110 Å². The summed E-state index contributed by atoms with van der Waals surface area (Å²) in [7, 11) is 0. The van der Waals surface area contributed by atoms with Crippen molar-refractivity contribution in [2.24, 2.45) is 0 Å². The first-order valence-electron chi connectivity index (χ1n) is 15.1. The van der Waals surface area contributed by atoms with Gasteiger partial charge in [-0.05, 0) is 50.1 Å². The third-order valence-electron chi connectivity index (χ3n) is 7.36. The van der Waals surface area contributed by atoms with Gasteiger partial charge in [-0.15, -0.1) is 0 Å². The summed E-state index contributed by atoms with van der Waals surface area (Å²) in [4.78, 5) is 24.6. The number of anilines is 1. The first kappa shape index (κ1) is 30.3. The molecule has 1 saturated carbocycles. The van der Waals surface area contributed by atoms with Crippen molar-refractivity contribution in [2.45, 2.75) is 135 Å². The molecule has 1 aromatic rings. The molecule has 204 valence electrons. The minimum atomic E-state index is -0.0419. The lowest BCUT2D eigenvalue weighted by atomic mass is 9.95. The van der Waals surface area contributed by atoms with Crippen LogP contribution < -0.4 is 16.0 Å². The molecular weight excluding hydrogens is 446 g/mol. The summed E-state index contributed by atoms with van der Waals surface area (Å²) >= 11 is 0. The molecule has 0 bridgehead atoms. The standard InChI is InChI=1S/C31H53N3O2/c1-2-3-4-5-6-7-8-9-10-11-12-13-14-18-25-32-26-30(35)33-29-23-21-27(22-24-29)31(36)34-28-19-16-15-17-20-28/h21-24,28,32H,2-20,25-26H2,1H3,(H,33,35)(H,34,36). The Morgan fingerprint density at radius 3 is 1.81 bits per heavy atom. The van der Waals surface area contributed by atoms with Crippen molar-refractivity contribution in [2.75, 3.05) is 18.4 Å². The summed E-state index contributed by atoms with van der Waals surface area (Å²) < 4.78 is 0. The molecule has 5 nitrogen and oxygen atoms in total. The third kappa shape index (κ3) is 14.6. The minimum Gasteiger partial charge on any atom is -0.349 e. The van der Waals surface area contributed by atoms with Gasteiger partial charge in [0.2, 0.25) is 5.91 Å². The molecule has 0 spiro atoms. The quantitative estimate of drug-likeness (QED) is 0.161. The third-order valence-corrected chi connectivity index (χ3v) is 7.36. The highest BCUT2D eigenvalue weighted by atomic mass is 16.2. The van der Waals surface area contributed by atoms with E-state index in [9.17, 15) is 9.59 Å². The van der Waals surface area contributed by atoms with E-state index >= 15 is 0 Å². The summed E-state index contributed by atoms with van der Waals surface area (Å²) in [6, 6.07) is 7.49. The first-order chi connectivity index (χ1) is 17.7. The van der Waals surface area contributed by atoms with E-state index in [1.165, 1.54) is 103 Å². The van der Waals surface area contributed by atoms with Gasteiger partial charge in [0.05, 0.1) is 6.54 Å². The lowest BCUT2D eigenvalue weighted by molar-refractivity contribution is -0.115. The Balaban J connectivity index is 1.40. The van der Waals surface area contributed by atoms with E-state index in [-0.39, 0.29) is 11.8 Å². The molecular formula is C31H53N3O2. The van der Waals surface area contributed by atoms with Crippen molar-refractivity contribution in [3.05, 3.63) is 29.8 Å². The maximum atomic E-state index is 12.4. The summed E-state index contributed by atoms with van der Waals surface area (Å²) in [5, 5.41) is 9.29. The maximum Gasteiger partial charge on any atom is 0.251 e. The Kier molecular flexibility index (Phi) is 17.0. The van der Waals surface area contributed by atoms with Crippen LogP contribution >= 0.6 is 0 Å². The molecule has 1 aliphatic rings. The van der Waals surface area contributed by atoms with E-state index < -0.39 is 0 Å². The summed E-state index contributed by atoms with van der Waals surface area (Å²) in [5.41, 5.74) is 1.38. The van der Waals surface area contributed by atoms with Crippen LogP contribution in [0.15, 0.2) is 24.3 Å². The van der Waals surface area contributed by atoms with Crippen LogP contribution in [-0.2, 0) is 4.79 Å². The molecule has 5 heteroatoms. The summed E-state index contributed by atoms with van der Waals surface area (Å²) in [5.74, 6) is -0.0608.